The minimum absolute atomic E-state index is 0.0238. The summed E-state index contributed by atoms with van der Waals surface area (Å²) in [7, 11) is 0. The molecule has 0 aliphatic heterocycles. The fourth-order valence-electron chi connectivity index (χ4n) is 1.98. The Morgan fingerprint density at radius 2 is 2.04 bits per heavy atom. The smallest absolute Gasteiger partial charge is 0.340 e. The van der Waals surface area contributed by atoms with Crippen LogP contribution in [0.2, 0.25) is 5.02 Å². The highest BCUT2D eigenvalue weighted by atomic mass is 35.5. The Morgan fingerprint density at radius 3 is 2.74 bits per heavy atom. The molecular weight excluding hydrogens is 394 g/mol. The predicted octanol–water partition coefficient (Wildman–Crippen LogP) is 3.66. The molecule has 0 saturated carbocycles. The number of para-hydroxylation sites is 1. The number of nitro benzene ring substituents is 1. The van der Waals surface area contributed by atoms with Gasteiger partial charge >= 0.3 is 5.97 Å². The van der Waals surface area contributed by atoms with Crippen molar-refractivity contribution in [2.24, 2.45) is 0 Å². The number of nitro groups is 1. The number of ether oxygens (including phenoxy) is 1. The second kappa shape index (κ2) is 9.56. The normalized spacial score (nSPS) is 9.93. The predicted molar refractivity (Wildman–Crippen MR) is 99.8 cm³/mol. The third-order valence-corrected chi connectivity index (χ3v) is 4.44. The second-order valence-corrected chi connectivity index (χ2v) is 6.41. The van der Waals surface area contributed by atoms with Crippen molar-refractivity contribution in [3.8, 4) is 6.07 Å². The van der Waals surface area contributed by atoms with Gasteiger partial charge in [-0.05, 0) is 18.2 Å². The van der Waals surface area contributed by atoms with E-state index in [0.717, 1.165) is 12.1 Å². The Hall–Kier alpha value is -3.09. The summed E-state index contributed by atoms with van der Waals surface area (Å²) in [6.07, 6.45) is 0. The van der Waals surface area contributed by atoms with Crippen LogP contribution in [0.25, 0.3) is 0 Å². The molecule has 0 aromatic heterocycles. The summed E-state index contributed by atoms with van der Waals surface area (Å²) in [5.74, 6) is -1.34. The molecule has 0 aliphatic rings. The second-order valence-electron chi connectivity index (χ2n) is 4.99. The quantitative estimate of drug-likeness (QED) is 0.322. The summed E-state index contributed by atoms with van der Waals surface area (Å²) in [5, 5.41) is 22.0. The van der Waals surface area contributed by atoms with Crippen LogP contribution in [0.1, 0.15) is 10.4 Å². The highest BCUT2D eigenvalue weighted by molar-refractivity contribution is 7.99. The van der Waals surface area contributed by atoms with Gasteiger partial charge in [0.15, 0.2) is 6.61 Å². The number of carbonyl (C=O) groups excluding carboxylic acids is 2. The maximum atomic E-state index is 12.1. The van der Waals surface area contributed by atoms with Crippen LogP contribution in [0.3, 0.4) is 0 Å². The van der Waals surface area contributed by atoms with Crippen LogP contribution in [-0.2, 0) is 9.53 Å². The zero-order valence-electron chi connectivity index (χ0n) is 13.7. The fourth-order valence-corrected chi connectivity index (χ4v) is 2.85. The molecule has 2 rings (SSSR count). The van der Waals surface area contributed by atoms with E-state index in [-0.39, 0.29) is 22.0 Å². The van der Waals surface area contributed by atoms with Crippen molar-refractivity contribution >= 4 is 46.6 Å². The maximum Gasteiger partial charge on any atom is 0.340 e. The van der Waals surface area contributed by atoms with Crippen molar-refractivity contribution in [3.63, 3.8) is 0 Å². The summed E-state index contributed by atoms with van der Waals surface area (Å²) < 4.78 is 4.88. The number of carbonyl (C=O) groups is 2. The summed E-state index contributed by atoms with van der Waals surface area (Å²) >= 11 is 7.11. The van der Waals surface area contributed by atoms with Gasteiger partial charge in [0, 0.05) is 17.0 Å². The van der Waals surface area contributed by atoms with E-state index in [0.29, 0.717) is 10.6 Å². The molecule has 0 heterocycles. The van der Waals surface area contributed by atoms with E-state index in [1.54, 1.807) is 24.3 Å². The molecule has 27 heavy (non-hydrogen) atoms. The van der Waals surface area contributed by atoms with Gasteiger partial charge in [-0.15, -0.1) is 11.8 Å². The van der Waals surface area contributed by atoms with E-state index in [1.165, 1.54) is 17.8 Å². The number of non-ortho nitro benzene ring substituents is 1. The molecule has 2 aromatic carbocycles. The van der Waals surface area contributed by atoms with Crippen LogP contribution in [0.15, 0.2) is 47.4 Å². The number of esters is 1. The van der Waals surface area contributed by atoms with Crippen molar-refractivity contribution < 1.29 is 19.2 Å². The average molecular weight is 406 g/mol. The van der Waals surface area contributed by atoms with E-state index in [4.69, 9.17) is 21.6 Å². The molecule has 0 bridgehead atoms. The molecule has 0 saturated heterocycles. The number of amides is 1. The summed E-state index contributed by atoms with van der Waals surface area (Å²) in [6.45, 7) is -0.602. The number of nitrogens with zero attached hydrogens (tertiary/aromatic N) is 2. The van der Waals surface area contributed by atoms with Gasteiger partial charge in [-0.2, -0.15) is 5.26 Å². The zero-order chi connectivity index (χ0) is 19.8. The maximum absolute atomic E-state index is 12.1. The molecule has 1 amide bonds. The van der Waals surface area contributed by atoms with Crippen molar-refractivity contribution in [1.29, 1.82) is 5.26 Å². The summed E-state index contributed by atoms with van der Waals surface area (Å²) in [4.78, 5) is 34.9. The van der Waals surface area contributed by atoms with Crippen LogP contribution in [-0.4, -0.2) is 29.2 Å². The van der Waals surface area contributed by atoms with Gasteiger partial charge in [-0.25, -0.2) is 4.79 Å². The first-order valence-corrected chi connectivity index (χ1v) is 8.78. The van der Waals surface area contributed by atoms with Crippen LogP contribution in [0.4, 0.5) is 11.4 Å². The van der Waals surface area contributed by atoms with Gasteiger partial charge in [-0.1, -0.05) is 23.7 Å². The zero-order valence-corrected chi connectivity index (χ0v) is 15.2. The third-order valence-electron chi connectivity index (χ3n) is 3.17. The molecule has 8 nitrogen and oxygen atoms in total. The van der Waals surface area contributed by atoms with Crippen molar-refractivity contribution in [2.45, 2.75) is 4.90 Å². The number of benzene rings is 2. The molecule has 0 radical (unpaired) electrons. The third kappa shape index (κ3) is 5.70. The van der Waals surface area contributed by atoms with E-state index in [2.05, 4.69) is 5.32 Å². The Labute approximate surface area is 163 Å². The lowest BCUT2D eigenvalue weighted by Gasteiger charge is -2.10. The molecule has 0 atom stereocenters. The van der Waals surface area contributed by atoms with Crippen LogP contribution >= 0.6 is 23.4 Å². The van der Waals surface area contributed by atoms with Gasteiger partial charge in [0.2, 0.25) is 0 Å². The van der Waals surface area contributed by atoms with E-state index in [1.807, 2.05) is 6.07 Å². The van der Waals surface area contributed by atoms with Gasteiger partial charge < -0.3 is 10.1 Å². The van der Waals surface area contributed by atoms with Crippen molar-refractivity contribution in [2.75, 3.05) is 17.7 Å². The highest BCUT2D eigenvalue weighted by Crippen LogP contribution is 2.26. The van der Waals surface area contributed by atoms with Gasteiger partial charge in [0.25, 0.3) is 11.6 Å². The van der Waals surface area contributed by atoms with Crippen LogP contribution in [0, 0.1) is 21.4 Å². The minimum atomic E-state index is -0.953. The standard InChI is InChI=1S/C17H12ClN3O5S/c18-13-6-5-11(21(24)25)9-12(13)17(23)26-10-16(22)20-14-3-1-2-4-15(14)27-8-7-19/h1-6,9H,8,10H2,(H,20,22). The first kappa shape index (κ1) is 20.2. The number of rotatable bonds is 7. The number of halogens is 1. The Kier molecular flexibility index (Phi) is 7.16. The Bertz CT molecular complexity index is 929. The minimum Gasteiger partial charge on any atom is -0.452 e. The highest BCUT2D eigenvalue weighted by Gasteiger charge is 2.18. The molecular formula is C17H12ClN3O5S. The molecule has 10 heteroatoms. The number of hydrogen-bond donors (Lipinski definition) is 1. The number of hydrogen-bond acceptors (Lipinski definition) is 7. The molecule has 0 fully saturated rings. The Balaban J connectivity index is 2.00. The number of nitriles is 1. The van der Waals surface area contributed by atoms with Gasteiger partial charge in [-0.3, -0.25) is 14.9 Å². The van der Waals surface area contributed by atoms with Crippen LogP contribution < -0.4 is 5.32 Å². The lowest BCUT2D eigenvalue weighted by atomic mass is 10.2. The Morgan fingerprint density at radius 1 is 1.30 bits per heavy atom. The monoisotopic (exact) mass is 405 g/mol. The first-order valence-electron chi connectivity index (χ1n) is 7.42. The van der Waals surface area contributed by atoms with Gasteiger partial charge in [0.1, 0.15) is 0 Å². The largest absolute Gasteiger partial charge is 0.452 e. The molecule has 0 aliphatic carbocycles. The SMILES string of the molecule is N#CCSc1ccccc1NC(=O)COC(=O)c1cc([N+](=O)[O-])ccc1Cl. The van der Waals surface area contributed by atoms with Crippen molar-refractivity contribution in [1.82, 2.24) is 0 Å². The lowest BCUT2D eigenvalue weighted by Crippen LogP contribution is -2.21. The molecule has 138 valence electrons. The summed E-state index contributed by atoms with van der Waals surface area (Å²) in [6, 6.07) is 12.2. The molecule has 0 unspecified atom stereocenters. The van der Waals surface area contributed by atoms with E-state index in [9.17, 15) is 19.7 Å². The van der Waals surface area contributed by atoms with E-state index >= 15 is 0 Å². The van der Waals surface area contributed by atoms with Crippen molar-refractivity contribution in [3.05, 3.63) is 63.2 Å². The average Bonchev–Trinajstić information content (AvgIpc) is 2.65. The number of nitrogens with one attached hydrogen (secondary N) is 1. The van der Waals surface area contributed by atoms with E-state index < -0.39 is 23.4 Å². The fraction of sp³-hybridized carbons (Fsp3) is 0.118. The van der Waals surface area contributed by atoms with Gasteiger partial charge in [0.05, 0.1) is 33.0 Å². The molecule has 2 aromatic rings. The lowest BCUT2D eigenvalue weighted by molar-refractivity contribution is -0.384. The number of thioether (sulfide) groups is 1. The first-order chi connectivity index (χ1) is 12.9. The topological polar surface area (TPSA) is 122 Å². The molecule has 0 spiro atoms. The summed E-state index contributed by atoms with van der Waals surface area (Å²) in [5.41, 5.74) is -0.0462. The van der Waals surface area contributed by atoms with Crippen LogP contribution in [0.5, 0.6) is 0 Å². The molecule has 1 N–H and O–H groups in total. The number of anilines is 1.